The van der Waals surface area contributed by atoms with Crippen molar-refractivity contribution in [2.45, 2.75) is 44.1 Å². The van der Waals surface area contributed by atoms with Gasteiger partial charge in [0.25, 0.3) is 0 Å². The van der Waals surface area contributed by atoms with E-state index in [0.29, 0.717) is 36.9 Å². The number of nitrogens with zero attached hydrogens (tertiary/aromatic N) is 4. The van der Waals surface area contributed by atoms with E-state index in [0.717, 1.165) is 35.5 Å². The fourth-order valence-electron chi connectivity index (χ4n) is 3.84. The summed E-state index contributed by atoms with van der Waals surface area (Å²) in [7, 11) is 0. The van der Waals surface area contributed by atoms with Gasteiger partial charge in [0.1, 0.15) is 23.7 Å². The third-order valence-electron chi connectivity index (χ3n) is 5.77. The Labute approximate surface area is 181 Å². The molecule has 0 amide bonds. The lowest BCUT2D eigenvalue weighted by molar-refractivity contribution is 0.0254. The van der Waals surface area contributed by atoms with E-state index >= 15 is 0 Å². The van der Waals surface area contributed by atoms with Crippen LogP contribution in [-0.2, 0) is 11.2 Å². The SMILES string of the molecule is N#Cc1cc(-c2ccnc(Cc3ccc(C4CC4)nc3)n2)ccc1OC1CCOCC1. The second-order valence-electron chi connectivity index (χ2n) is 8.15. The molecular formula is C25H24N4O2. The van der Waals surface area contributed by atoms with Crippen molar-refractivity contribution >= 4 is 0 Å². The van der Waals surface area contributed by atoms with Crippen molar-refractivity contribution in [3.05, 3.63) is 71.4 Å². The van der Waals surface area contributed by atoms with Crippen molar-refractivity contribution in [2.75, 3.05) is 13.2 Å². The molecule has 0 N–H and O–H groups in total. The molecule has 1 saturated carbocycles. The zero-order chi connectivity index (χ0) is 21.0. The standard InChI is InChI=1S/C25H24N4O2/c26-15-20-14-19(4-6-24(20)31-21-8-11-30-12-9-21)23-7-10-27-25(29-23)13-17-1-5-22(28-16-17)18-2-3-18/h1,4-7,10,14,16,18,21H,2-3,8-9,11-13H2. The molecule has 1 aliphatic heterocycles. The van der Waals surface area contributed by atoms with Gasteiger partial charge in [0.15, 0.2) is 0 Å². The molecule has 1 saturated heterocycles. The average molecular weight is 412 g/mol. The lowest BCUT2D eigenvalue weighted by Gasteiger charge is -2.23. The van der Waals surface area contributed by atoms with Crippen LogP contribution in [0.5, 0.6) is 5.75 Å². The van der Waals surface area contributed by atoms with Crippen LogP contribution in [0.15, 0.2) is 48.8 Å². The summed E-state index contributed by atoms with van der Waals surface area (Å²) in [5.41, 5.74) is 4.47. The monoisotopic (exact) mass is 412 g/mol. The van der Waals surface area contributed by atoms with Crippen molar-refractivity contribution in [1.82, 2.24) is 15.0 Å². The number of hydrogen-bond donors (Lipinski definition) is 0. The summed E-state index contributed by atoms with van der Waals surface area (Å²) in [6, 6.07) is 14.0. The van der Waals surface area contributed by atoms with Crippen molar-refractivity contribution in [3.63, 3.8) is 0 Å². The van der Waals surface area contributed by atoms with E-state index in [2.05, 4.69) is 28.2 Å². The molecule has 0 radical (unpaired) electrons. The molecule has 5 rings (SSSR count). The minimum Gasteiger partial charge on any atom is -0.489 e. The summed E-state index contributed by atoms with van der Waals surface area (Å²) in [5.74, 6) is 2.01. The Kier molecular flexibility index (Phi) is 5.59. The Hall–Kier alpha value is -3.30. The molecule has 2 aliphatic rings. The topological polar surface area (TPSA) is 80.9 Å². The van der Waals surface area contributed by atoms with Gasteiger partial charge in [0.2, 0.25) is 0 Å². The second kappa shape index (κ2) is 8.83. The van der Waals surface area contributed by atoms with Gasteiger partial charge >= 0.3 is 0 Å². The van der Waals surface area contributed by atoms with Crippen molar-refractivity contribution in [2.24, 2.45) is 0 Å². The molecule has 1 aromatic carbocycles. The minimum atomic E-state index is 0.0947. The lowest BCUT2D eigenvalue weighted by atomic mass is 10.1. The maximum absolute atomic E-state index is 9.64. The second-order valence-corrected chi connectivity index (χ2v) is 8.15. The van der Waals surface area contributed by atoms with Crippen LogP contribution in [-0.4, -0.2) is 34.3 Å². The summed E-state index contributed by atoms with van der Waals surface area (Å²) in [6.45, 7) is 1.40. The number of ether oxygens (including phenoxy) is 2. The average Bonchev–Trinajstić information content (AvgIpc) is 3.66. The van der Waals surface area contributed by atoms with Gasteiger partial charge in [-0.2, -0.15) is 5.26 Å². The van der Waals surface area contributed by atoms with Crippen LogP contribution in [0, 0.1) is 11.3 Å². The van der Waals surface area contributed by atoms with Crippen LogP contribution >= 0.6 is 0 Å². The molecule has 0 unspecified atom stereocenters. The number of rotatable bonds is 6. The van der Waals surface area contributed by atoms with E-state index in [1.807, 2.05) is 30.5 Å². The molecule has 3 heterocycles. The number of pyridine rings is 1. The van der Waals surface area contributed by atoms with Crippen LogP contribution in [0.1, 0.15) is 54.2 Å². The van der Waals surface area contributed by atoms with Crippen molar-refractivity contribution in [3.8, 4) is 23.1 Å². The first-order valence-electron chi connectivity index (χ1n) is 10.8. The first-order chi connectivity index (χ1) is 15.3. The predicted octanol–water partition coefficient (Wildman–Crippen LogP) is 4.44. The van der Waals surface area contributed by atoms with E-state index in [1.54, 1.807) is 6.20 Å². The van der Waals surface area contributed by atoms with Gasteiger partial charge in [-0.3, -0.25) is 4.98 Å². The summed E-state index contributed by atoms with van der Waals surface area (Å²) in [6.07, 6.45) is 8.61. The van der Waals surface area contributed by atoms with Gasteiger partial charge in [0, 0.05) is 48.8 Å². The Balaban J connectivity index is 1.33. The lowest BCUT2D eigenvalue weighted by Crippen LogP contribution is -2.26. The highest BCUT2D eigenvalue weighted by Gasteiger charge is 2.24. The summed E-state index contributed by atoms with van der Waals surface area (Å²) >= 11 is 0. The maximum Gasteiger partial charge on any atom is 0.137 e. The minimum absolute atomic E-state index is 0.0947. The van der Waals surface area contributed by atoms with Crippen molar-refractivity contribution in [1.29, 1.82) is 5.26 Å². The van der Waals surface area contributed by atoms with Crippen LogP contribution in [0.2, 0.25) is 0 Å². The fraction of sp³-hybridized carbons (Fsp3) is 0.360. The molecule has 31 heavy (non-hydrogen) atoms. The summed E-state index contributed by atoms with van der Waals surface area (Å²) < 4.78 is 11.4. The molecule has 3 aromatic rings. The van der Waals surface area contributed by atoms with E-state index in [-0.39, 0.29) is 6.10 Å². The number of hydrogen-bond acceptors (Lipinski definition) is 6. The fourth-order valence-corrected chi connectivity index (χ4v) is 3.84. The summed E-state index contributed by atoms with van der Waals surface area (Å²) in [5, 5.41) is 9.64. The molecule has 6 nitrogen and oxygen atoms in total. The van der Waals surface area contributed by atoms with E-state index in [9.17, 15) is 5.26 Å². The third-order valence-corrected chi connectivity index (χ3v) is 5.77. The van der Waals surface area contributed by atoms with Crippen molar-refractivity contribution < 1.29 is 9.47 Å². The van der Waals surface area contributed by atoms with E-state index in [1.165, 1.54) is 18.5 Å². The third kappa shape index (κ3) is 4.73. The van der Waals surface area contributed by atoms with E-state index in [4.69, 9.17) is 14.5 Å². The largest absolute Gasteiger partial charge is 0.489 e. The van der Waals surface area contributed by atoms with Crippen LogP contribution in [0.3, 0.4) is 0 Å². The normalized spacial score (nSPS) is 16.6. The highest BCUT2D eigenvalue weighted by molar-refractivity contribution is 5.64. The highest BCUT2D eigenvalue weighted by Crippen LogP contribution is 2.38. The van der Waals surface area contributed by atoms with Gasteiger partial charge in [-0.05, 0) is 48.7 Å². The Morgan fingerprint density at radius 2 is 1.90 bits per heavy atom. The highest BCUT2D eigenvalue weighted by atomic mass is 16.5. The zero-order valence-corrected chi connectivity index (χ0v) is 17.3. The van der Waals surface area contributed by atoms with Crippen LogP contribution in [0.25, 0.3) is 11.3 Å². The molecule has 0 spiro atoms. The first kappa shape index (κ1) is 19.7. The number of aromatic nitrogens is 3. The van der Waals surface area contributed by atoms with Gasteiger partial charge in [-0.15, -0.1) is 0 Å². The smallest absolute Gasteiger partial charge is 0.137 e. The maximum atomic E-state index is 9.64. The Bertz CT molecular complexity index is 1100. The molecule has 1 aliphatic carbocycles. The van der Waals surface area contributed by atoms with Gasteiger partial charge in [-0.1, -0.05) is 6.07 Å². The molecule has 0 bridgehead atoms. The molecular weight excluding hydrogens is 388 g/mol. The number of nitriles is 1. The van der Waals surface area contributed by atoms with Crippen LogP contribution < -0.4 is 4.74 Å². The molecule has 156 valence electrons. The zero-order valence-electron chi connectivity index (χ0n) is 17.3. The quantitative estimate of drug-likeness (QED) is 0.596. The predicted molar refractivity (Wildman–Crippen MR) is 116 cm³/mol. The first-order valence-corrected chi connectivity index (χ1v) is 10.8. The molecule has 6 heteroatoms. The summed E-state index contributed by atoms with van der Waals surface area (Å²) in [4.78, 5) is 13.7. The van der Waals surface area contributed by atoms with Gasteiger partial charge < -0.3 is 9.47 Å². The van der Waals surface area contributed by atoms with Crippen LogP contribution in [0.4, 0.5) is 0 Å². The Morgan fingerprint density at radius 3 is 2.65 bits per heavy atom. The number of benzene rings is 1. The van der Waals surface area contributed by atoms with Gasteiger partial charge in [-0.25, -0.2) is 9.97 Å². The van der Waals surface area contributed by atoms with E-state index < -0.39 is 0 Å². The molecule has 2 fully saturated rings. The Morgan fingerprint density at radius 1 is 1.03 bits per heavy atom. The molecule has 0 atom stereocenters. The molecule has 2 aromatic heterocycles. The van der Waals surface area contributed by atoms with Gasteiger partial charge in [0.05, 0.1) is 24.5 Å².